The lowest BCUT2D eigenvalue weighted by atomic mass is 10.2. The zero-order chi connectivity index (χ0) is 38.2. The minimum absolute atomic E-state index is 0.0179. The molecule has 0 N–H and O–H groups in total. The topological polar surface area (TPSA) is 136 Å². The SMILES string of the molecule is CCCOCCCOCCCOCCCOCCCOCCCOCCCOCCCOCCCOCCCOCCOS(=O)(=O)c1ccc(C)cc1. The van der Waals surface area contributed by atoms with E-state index in [1.165, 1.54) is 12.1 Å². The van der Waals surface area contributed by atoms with Gasteiger partial charge in [-0.3, -0.25) is 4.18 Å². The Kier molecular flexibility index (Phi) is 36.6. The average molecular weight is 781 g/mol. The summed E-state index contributed by atoms with van der Waals surface area (Å²) in [6.07, 6.45) is 8.90. The van der Waals surface area contributed by atoms with Crippen LogP contribution < -0.4 is 0 Å². The molecule has 0 saturated carbocycles. The van der Waals surface area contributed by atoms with Crippen molar-refractivity contribution >= 4 is 10.1 Å². The highest BCUT2D eigenvalue weighted by atomic mass is 32.2. The molecular formula is C39H72O13S. The lowest BCUT2D eigenvalue weighted by Gasteiger charge is -2.08. The molecule has 0 aromatic heterocycles. The molecule has 0 atom stereocenters. The van der Waals surface area contributed by atoms with Crippen LogP contribution in [0.5, 0.6) is 0 Å². The van der Waals surface area contributed by atoms with Crippen molar-refractivity contribution in [1.82, 2.24) is 0 Å². The highest BCUT2D eigenvalue weighted by molar-refractivity contribution is 7.86. The molecule has 53 heavy (non-hydrogen) atoms. The highest BCUT2D eigenvalue weighted by Gasteiger charge is 2.14. The van der Waals surface area contributed by atoms with Crippen molar-refractivity contribution in [2.75, 3.05) is 139 Å². The highest BCUT2D eigenvalue weighted by Crippen LogP contribution is 2.13. The molecule has 1 aromatic carbocycles. The molecule has 0 saturated heterocycles. The second kappa shape index (κ2) is 39.0. The molecule has 14 heteroatoms. The number of hydrogen-bond acceptors (Lipinski definition) is 13. The Bertz CT molecular complexity index is 982. The Morgan fingerprint density at radius 1 is 0.358 bits per heavy atom. The van der Waals surface area contributed by atoms with Crippen LogP contribution in [-0.4, -0.2) is 147 Å². The maximum atomic E-state index is 12.1. The molecule has 0 aliphatic carbocycles. The van der Waals surface area contributed by atoms with Crippen LogP contribution in [0.4, 0.5) is 0 Å². The van der Waals surface area contributed by atoms with Gasteiger partial charge in [0.2, 0.25) is 0 Å². The van der Waals surface area contributed by atoms with Gasteiger partial charge in [-0.05, 0) is 83.3 Å². The fraction of sp³-hybridized carbons (Fsp3) is 0.846. The van der Waals surface area contributed by atoms with Crippen LogP contribution in [0, 0.1) is 6.92 Å². The molecule has 13 nitrogen and oxygen atoms in total. The van der Waals surface area contributed by atoms with Crippen molar-refractivity contribution in [2.45, 2.75) is 83.0 Å². The summed E-state index contributed by atoms with van der Waals surface area (Å²) in [5.41, 5.74) is 0.988. The summed E-state index contributed by atoms with van der Waals surface area (Å²) in [4.78, 5) is 0.149. The normalized spacial score (nSPS) is 11.9. The summed E-state index contributed by atoms with van der Waals surface area (Å²) in [5.74, 6) is 0. The molecule has 0 amide bonds. The molecule has 0 radical (unpaired) electrons. The van der Waals surface area contributed by atoms with Crippen LogP contribution in [0.3, 0.4) is 0 Å². The average Bonchev–Trinajstić information content (AvgIpc) is 3.15. The molecule has 1 aromatic rings. The molecule has 0 spiro atoms. The number of hydrogen-bond donors (Lipinski definition) is 0. The molecule has 0 bridgehead atoms. The third kappa shape index (κ3) is 34.9. The lowest BCUT2D eigenvalue weighted by molar-refractivity contribution is 0.0405. The van der Waals surface area contributed by atoms with E-state index < -0.39 is 10.1 Å². The van der Waals surface area contributed by atoms with Gasteiger partial charge in [-0.25, -0.2) is 0 Å². The number of benzene rings is 1. The third-order valence-corrected chi connectivity index (χ3v) is 8.65. The van der Waals surface area contributed by atoms with Crippen LogP contribution in [0.15, 0.2) is 29.2 Å². The Morgan fingerprint density at radius 3 is 0.868 bits per heavy atom. The van der Waals surface area contributed by atoms with Gasteiger partial charge in [-0.2, -0.15) is 8.42 Å². The second-order valence-corrected chi connectivity index (χ2v) is 14.0. The van der Waals surface area contributed by atoms with Crippen molar-refractivity contribution in [3.05, 3.63) is 29.8 Å². The van der Waals surface area contributed by atoms with E-state index in [9.17, 15) is 8.42 Å². The quantitative estimate of drug-likeness (QED) is 0.0585. The summed E-state index contributed by atoms with van der Waals surface area (Å²) in [7, 11) is -3.75. The van der Waals surface area contributed by atoms with Gasteiger partial charge in [-0.1, -0.05) is 24.6 Å². The van der Waals surface area contributed by atoms with Gasteiger partial charge in [-0.15, -0.1) is 0 Å². The monoisotopic (exact) mass is 780 g/mol. The molecule has 0 aliphatic rings. The van der Waals surface area contributed by atoms with Crippen molar-refractivity contribution in [1.29, 1.82) is 0 Å². The van der Waals surface area contributed by atoms with E-state index in [2.05, 4.69) is 6.92 Å². The minimum Gasteiger partial charge on any atom is -0.381 e. The summed E-state index contributed by atoms with van der Waals surface area (Å²) >= 11 is 0. The standard InChI is InChI=1S/C39H72O13S/c1-3-17-42-18-4-19-43-20-5-21-44-22-6-23-45-24-7-25-46-26-8-27-47-28-9-29-48-30-10-31-49-32-11-33-50-34-12-35-51-36-37-52-53(40,41)39-15-13-38(2)14-16-39/h13-16H,3-12,17-37H2,1-2H3. The van der Waals surface area contributed by atoms with E-state index >= 15 is 0 Å². The van der Waals surface area contributed by atoms with Crippen molar-refractivity contribution in [3.63, 3.8) is 0 Å². The summed E-state index contributed by atoms with van der Waals surface area (Å²) in [6, 6.07) is 6.55. The lowest BCUT2D eigenvalue weighted by Crippen LogP contribution is -2.12. The van der Waals surface area contributed by atoms with Crippen LogP contribution in [0.2, 0.25) is 0 Å². The zero-order valence-electron chi connectivity index (χ0n) is 32.9. The fourth-order valence-electron chi connectivity index (χ4n) is 4.51. The van der Waals surface area contributed by atoms with Gasteiger partial charge in [0.15, 0.2) is 0 Å². The van der Waals surface area contributed by atoms with Crippen LogP contribution in [0.25, 0.3) is 0 Å². The summed E-state index contributed by atoms with van der Waals surface area (Å²) in [6.45, 7) is 17.3. The Morgan fingerprint density at radius 2 is 0.604 bits per heavy atom. The predicted octanol–water partition coefficient (Wildman–Crippen LogP) is 5.79. The Hall–Kier alpha value is -1.27. The smallest absolute Gasteiger partial charge is 0.297 e. The first-order valence-corrected chi connectivity index (χ1v) is 21.2. The second-order valence-electron chi connectivity index (χ2n) is 12.4. The number of rotatable bonds is 43. The predicted molar refractivity (Wildman–Crippen MR) is 204 cm³/mol. The summed E-state index contributed by atoms with van der Waals surface area (Å²) < 4.78 is 85.1. The van der Waals surface area contributed by atoms with E-state index in [1.807, 2.05) is 6.92 Å². The first kappa shape index (κ1) is 49.7. The van der Waals surface area contributed by atoms with Crippen molar-refractivity contribution < 1.29 is 60.0 Å². The van der Waals surface area contributed by atoms with Gasteiger partial charge in [0, 0.05) is 126 Å². The van der Waals surface area contributed by atoms with Crippen LogP contribution in [-0.2, 0) is 61.7 Å². The largest absolute Gasteiger partial charge is 0.381 e. The first-order chi connectivity index (χ1) is 26.1. The third-order valence-electron chi connectivity index (χ3n) is 7.32. The van der Waals surface area contributed by atoms with E-state index in [1.54, 1.807) is 12.1 Å². The summed E-state index contributed by atoms with van der Waals surface area (Å²) in [5, 5.41) is 0. The van der Waals surface area contributed by atoms with Gasteiger partial charge < -0.3 is 47.4 Å². The molecule has 0 heterocycles. The maximum Gasteiger partial charge on any atom is 0.297 e. The molecule has 312 valence electrons. The molecule has 0 unspecified atom stereocenters. The van der Waals surface area contributed by atoms with Crippen molar-refractivity contribution in [3.8, 4) is 0 Å². The van der Waals surface area contributed by atoms with Gasteiger partial charge in [0.25, 0.3) is 10.1 Å². The molecular weight excluding hydrogens is 708 g/mol. The van der Waals surface area contributed by atoms with Crippen LogP contribution >= 0.6 is 0 Å². The van der Waals surface area contributed by atoms with E-state index in [0.717, 1.165) is 109 Å². The van der Waals surface area contributed by atoms with Crippen molar-refractivity contribution in [2.24, 2.45) is 0 Å². The molecule has 1 rings (SSSR count). The van der Waals surface area contributed by atoms with Gasteiger partial charge in [0.1, 0.15) is 0 Å². The molecule has 0 fully saturated rings. The van der Waals surface area contributed by atoms with Crippen LogP contribution in [0.1, 0.15) is 76.7 Å². The minimum atomic E-state index is -3.75. The number of ether oxygens (including phenoxy) is 10. The fourth-order valence-corrected chi connectivity index (χ4v) is 5.40. The zero-order valence-corrected chi connectivity index (χ0v) is 33.8. The Labute approximate surface area is 321 Å². The first-order valence-electron chi connectivity index (χ1n) is 19.8. The Balaban J connectivity index is 1.65. The maximum absolute atomic E-state index is 12.1. The van der Waals surface area contributed by atoms with E-state index in [0.29, 0.717) is 85.9 Å². The number of aryl methyl sites for hydroxylation is 1. The van der Waals surface area contributed by atoms with E-state index in [4.69, 9.17) is 51.6 Å². The molecule has 0 aliphatic heterocycles. The van der Waals surface area contributed by atoms with Gasteiger partial charge in [0.05, 0.1) is 18.1 Å². The van der Waals surface area contributed by atoms with Gasteiger partial charge >= 0.3 is 0 Å². The van der Waals surface area contributed by atoms with E-state index in [-0.39, 0.29) is 18.1 Å².